The molecule has 174 valence electrons. The van der Waals surface area contributed by atoms with Crippen molar-refractivity contribution in [3.8, 4) is 17.2 Å². The molecular formula is C28H30N4O2. The minimum atomic E-state index is 0.0635. The molecule has 2 atom stereocenters. The highest BCUT2D eigenvalue weighted by atomic mass is 16.5. The lowest BCUT2D eigenvalue weighted by Gasteiger charge is -2.37. The molecule has 4 aromatic rings. The first kappa shape index (κ1) is 22.0. The maximum absolute atomic E-state index is 6.41. The monoisotopic (exact) mass is 454 g/mol. The van der Waals surface area contributed by atoms with Gasteiger partial charge in [0.15, 0.2) is 0 Å². The van der Waals surface area contributed by atoms with Crippen LogP contribution in [0, 0.1) is 0 Å². The highest BCUT2D eigenvalue weighted by Gasteiger charge is 2.30. The molecule has 1 aliphatic heterocycles. The Kier molecular flexibility index (Phi) is 6.49. The van der Waals surface area contributed by atoms with Crippen molar-refractivity contribution >= 4 is 5.69 Å². The van der Waals surface area contributed by atoms with Gasteiger partial charge in [0, 0.05) is 43.5 Å². The number of ether oxygens (including phenoxy) is 2. The molecule has 6 nitrogen and oxygen atoms in total. The Bertz CT molecular complexity index is 1210. The van der Waals surface area contributed by atoms with Crippen LogP contribution in [0.3, 0.4) is 0 Å². The van der Waals surface area contributed by atoms with Crippen molar-refractivity contribution in [2.75, 3.05) is 25.9 Å². The van der Waals surface area contributed by atoms with E-state index in [2.05, 4.69) is 46.5 Å². The summed E-state index contributed by atoms with van der Waals surface area (Å²) in [5.74, 6) is 1.97. The highest BCUT2D eigenvalue weighted by molar-refractivity contribution is 5.43. The Hall–Kier alpha value is -3.77. The van der Waals surface area contributed by atoms with Gasteiger partial charge in [-0.05, 0) is 53.9 Å². The number of anilines is 1. The summed E-state index contributed by atoms with van der Waals surface area (Å²) in [6, 6.07) is 26.2. The van der Waals surface area contributed by atoms with Crippen LogP contribution in [0.2, 0.25) is 0 Å². The summed E-state index contributed by atoms with van der Waals surface area (Å²) in [6.45, 7) is 2.72. The first-order valence-corrected chi connectivity index (χ1v) is 11.6. The molecule has 2 heterocycles. The molecule has 0 saturated carbocycles. The van der Waals surface area contributed by atoms with Crippen LogP contribution in [-0.4, -0.2) is 41.0 Å². The van der Waals surface area contributed by atoms with Gasteiger partial charge in [-0.15, -0.1) is 0 Å². The van der Waals surface area contributed by atoms with E-state index in [0.717, 1.165) is 43.2 Å². The van der Waals surface area contributed by atoms with Crippen molar-refractivity contribution in [3.63, 3.8) is 0 Å². The summed E-state index contributed by atoms with van der Waals surface area (Å²) in [7, 11) is 1.67. The van der Waals surface area contributed by atoms with Gasteiger partial charge in [0.05, 0.1) is 19.0 Å². The lowest BCUT2D eigenvalue weighted by atomic mass is 9.90. The molecule has 1 aliphatic rings. The topological polar surface area (TPSA) is 65.5 Å². The number of piperidine rings is 1. The van der Waals surface area contributed by atoms with Gasteiger partial charge in [-0.2, -0.15) is 5.10 Å². The summed E-state index contributed by atoms with van der Waals surface area (Å²) >= 11 is 0. The molecule has 1 fully saturated rings. The maximum atomic E-state index is 6.41. The summed E-state index contributed by atoms with van der Waals surface area (Å²) in [4.78, 5) is 2.48. The minimum absolute atomic E-state index is 0.0635. The number of methoxy groups -OCH3 is 1. The smallest absolute Gasteiger partial charge is 0.121 e. The standard InChI is InChI=1S/C28H30N4O2/c1-33-26-12-10-25(11-13-26)32-19-23(16-30-32)22-14-28(34-27-9-5-8-24(29)15-27)20-31(18-22)17-21-6-3-2-4-7-21/h2-13,15-16,19,22,28H,14,17-18,20,29H2,1H3. The number of benzene rings is 3. The fourth-order valence-electron chi connectivity index (χ4n) is 4.64. The van der Waals surface area contributed by atoms with Crippen LogP contribution >= 0.6 is 0 Å². The van der Waals surface area contributed by atoms with Crippen molar-refractivity contribution in [1.29, 1.82) is 0 Å². The molecular weight excluding hydrogens is 424 g/mol. The van der Waals surface area contributed by atoms with Crippen molar-refractivity contribution < 1.29 is 9.47 Å². The van der Waals surface area contributed by atoms with E-state index >= 15 is 0 Å². The molecule has 2 N–H and O–H groups in total. The number of nitrogens with two attached hydrogens (primary N) is 1. The Morgan fingerprint density at radius 1 is 0.941 bits per heavy atom. The van der Waals surface area contributed by atoms with Gasteiger partial charge in [0.2, 0.25) is 0 Å². The molecule has 34 heavy (non-hydrogen) atoms. The van der Waals surface area contributed by atoms with E-state index < -0.39 is 0 Å². The van der Waals surface area contributed by atoms with E-state index in [9.17, 15) is 0 Å². The second-order valence-corrected chi connectivity index (χ2v) is 8.84. The van der Waals surface area contributed by atoms with Gasteiger partial charge in [0.1, 0.15) is 17.6 Å². The third-order valence-corrected chi connectivity index (χ3v) is 6.31. The maximum Gasteiger partial charge on any atom is 0.121 e. The largest absolute Gasteiger partial charge is 0.497 e. The number of likely N-dealkylation sites (tertiary alicyclic amines) is 1. The third kappa shape index (κ3) is 5.24. The molecule has 6 heteroatoms. The van der Waals surface area contributed by atoms with Crippen molar-refractivity contribution in [2.45, 2.75) is 25.0 Å². The van der Waals surface area contributed by atoms with Crippen LogP contribution in [0.15, 0.2) is 91.3 Å². The predicted octanol–water partition coefficient (Wildman–Crippen LogP) is 4.90. The van der Waals surface area contributed by atoms with Crippen molar-refractivity contribution in [3.05, 3.63) is 102 Å². The third-order valence-electron chi connectivity index (χ3n) is 6.31. The van der Waals surface area contributed by atoms with Crippen LogP contribution in [0.1, 0.15) is 23.5 Å². The van der Waals surface area contributed by atoms with E-state index in [-0.39, 0.29) is 6.10 Å². The van der Waals surface area contributed by atoms with E-state index in [4.69, 9.17) is 15.2 Å². The molecule has 0 bridgehead atoms. The van der Waals surface area contributed by atoms with Gasteiger partial charge in [-0.25, -0.2) is 4.68 Å². The SMILES string of the molecule is COc1ccc(-n2cc(C3CC(Oc4cccc(N)c4)CN(Cc4ccccc4)C3)cn2)cc1. The number of nitrogen functional groups attached to an aromatic ring is 1. The molecule has 1 aromatic heterocycles. The normalized spacial score (nSPS) is 18.5. The molecule has 1 saturated heterocycles. The number of rotatable bonds is 7. The highest BCUT2D eigenvalue weighted by Crippen LogP contribution is 2.31. The zero-order chi connectivity index (χ0) is 23.3. The first-order valence-electron chi connectivity index (χ1n) is 11.6. The molecule has 0 amide bonds. The molecule has 0 aliphatic carbocycles. The van der Waals surface area contributed by atoms with Gasteiger partial charge in [-0.1, -0.05) is 36.4 Å². The van der Waals surface area contributed by atoms with Crippen molar-refractivity contribution in [2.24, 2.45) is 0 Å². The minimum Gasteiger partial charge on any atom is -0.497 e. The van der Waals surface area contributed by atoms with E-state index in [0.29, 0.717) is 11.6 Å². The summed E-state index contributed by atoms with van der Waals surface area (Å²) < 4.78 is 13.6. The van der Waals surface area contributed by atoms with Crippen LogP contribution in [-0.2, 0) is 6.54 Å². The Labute approximate surface area is 200 Å². The average Bonchev–Trinajstić information content (AvgIpc) is 3.35. The molecule has 3 aromatic carbocycles. The fourth-order valence-corrected chi connectivity index (χ4v) is 4.64. The van der Waals surface area contributed by atoms with Gasteiger partial charge in [-0.3, -0.25) is 4.90 Å². The van der Waals surface area contributed by atoms with Crippen LogP contribution in [0.25, 0.3) is 5.69 Å². The molecule has 0 radical (unpaired) electrons. The lowest BCUT2D eigenvalue weighted by molar-refractivity contribution is 0.0717. The second kappa shape index (κ2) is 10.0. The number of hydrogen-bond donors (Lipinski definition) is 1. The van der Waals surface area contributed by atoms with Crippen LogP contribution in [0.4, 0.5) is 5.69 Å². The van der Waals surface area contributed by atoms with Gasteiger partial charge >= 0.3 is 0 Å². The number of aromatic nitrogens is 2. The molecule has 2 unspecified atom stereocenters. The summed E-state index contributed by atoms with van der Waals surface area (Å²) in [5, 5.41) is 4.65. The second-order valence-electron chi connectivity index (χ2n) is 8.84. The quantitative estimate of drug-likeness (QED) is 0.403. The first-order chi connectivity index (χ1) is 16.7. The molecule has 5 rings (SSSR count). The summed E-state index contributed by atoms with van der Waals surface area (Å²) in [5.41, 5.74) is 10.2. The Morgan fingerprint density at radius 2 is 1.76 bits per heavy atom. The zero-order valence-corrected chi connectivity index (χ0v) is 19.4. The van der Waals surface area contributed by atoms with Crippen LogP contribution < -0.4 is 15.2 Å². The van der Waals surface area contributed by atoms with Gasteiger partial charge < -0.3 is 15.2 Å². The number of hydrogen-bond acceptors (Lipinski definition) is 5. The predicted molar refractivity (Wildman–Crippen MR) is 134 cm³/mol. The van der Waals surface area contributed by atoms with E-state index in [1.165, 1.54) is 11.1 Å². The van der Waals surface area contributed by atoms with E-state index in [1.54, 1.807) is 7.11 Å². The summed E-state index contributed by atoms with van der Waals surface area (Å²) in [6.07, 6.45) is 5.11. The van der Waals surface area contributed by atoms with Gasteiger partial charge in [0.25, 0.3) is 0 Å². The average molecular weight is 455 g/mol. The molecule has 0 spiro atoms. The number of nitrogens with zero attached hydrogens (tertiary/aromatic N) is 3. The Balaban J connectivity index is 1.36. The van der Waals surface area contributed by atoms with Crippen LogP contribution in [0.5, 0.6) is 11.5 Å². The Morgan fingerprint density at radius 3 is 2.53 bits per heavy atom. The fraction of sp³-hybridized carbons (Fsp3) is 0.250. The lowest BCUT2D eigenvalue weighted by Crippen LogP contribution is -2.44. The zero-order valence-electron chi connectivity index (χ0n) is 19.4. The van der Waals surface area contributed by atoms with E-state index in [1.807, 2.05) is 59.4 Å². The van der Waals surface area contributed by atoms with Crippen molar-refractivity contribution in [1.82, 2.24) is 14.7 Å².